The zero-order valence-electron chi connectivity index (χ0n) is 11.7. The van der Waals surface area contributed by atoms with Gasteiger partial charge in [-0.1, -0.05) is 27.7 Å². The lowest BCUT2D eigenvalue weighted by molar-refractivity contribution is -0.385. The van der Waals surface area contributed by atoms with Crippen LogP contribution in [0.4, 0.5) is 5.69 Å². The van der Waals surface area contributed by atoms with E-state index in [0.29, 0.717) is 12.2 Å². The highest BCUT2D eigenvalue weighted by Crippen LogP contribution is 2.29. The molecule has 0 atom stereocenters. The van der Waals surface area contributed by atoms with Crippen LogP contribution in [0, 0.1) is 22.0 Å². The predicted octanol–water partition coefficient (Wildman–Crippen LogP) is 3.47. The lowest BCUT2D eigenvalue weighted by Crippen LogP contribution is -2.10. The van der Waals surface area contributed by atoms with Gasteiger partial charge in [0.2, 0.25) is 0 Å². The van der Waals surface area contributed by atoms with Gasteiger partial charge in [0.15, 0.2) is 11.5 Å². The zero-order chi connectivity index (χ0) is 14.6. The largest absolute Gasteiger partial charge is 0.487 e. The molecule has 1 aromatic carbocycles. The Balaban J connectivity index is 3.08. The summed E-state index contributed by atoms with van der Waals surface area (Å²) in [7, 11) is 0. The summed E-state index contributed by atoms with van der Waals surface area (Å²) >= 11 is 0. The molecule has 0 N–H and O–H groups in total. The van der Waals surface area contributed by atoms with Crippen LogP contribution in [0.5, 0.6) is 5.75 Å². The van der Waals surface area contributed by atoms with E-state index < -0.39 is 4.92 Å². The monoisotopic (exact) mass is 265 g/mol. The summed E-state index contributed by atoms with van der Waals surface area (Å²) in [5.41, 5.74) is 0.186. The van der Waals surface area contributed by atoms with E-state index >= 15 is 0 Å². The number of Topliss-reactive ketones (excluding diaryl/α,β-unsaturated/α-hetero) is 1. The lowest BCUT2D eigenvalue weighted by Gasteiger charge is -2.10. The molecule has 5 heteroatoms. The summed E-state index contributed by atoms with van der Waals surface area (Å²) < 4.78 is 5.40. The molecule has 0 saturated carbocycles. The second-order valence-corrected chi connectivity index (χ2v) is 5.16. The number of carbonyl (C=O) groups is 1. The van der Waals surface area contributed by atoms with Crippen molar-refractivity contribution in [1.82, 2.24) is 0 Å². The van der Waals surface area contributed by atoms with Gasteiger partial charge in [-0.2, -0.15) is 0 Å². The Hall–Kier alpha value is -1.91. The zero-order valence-corrected chi connectivity index (χ0v) is 11.7. The molecule has 0 bridgehead atoms. The number of ether oxygens (including phenoxy) is 1. The topological polar surface area (TPSA) is 69.4 Å². The number of carbonyl (C=O) groups excluding carboxylic acids is 1. The van der Waals surface area contributed by atoms with Crippen LogP contribution in [0.25, 0.3) is 0 Å². The van der Waals surface area contributed by atoms with Crippen LogP contribution in [0.2, 0.25) is 0 Å². The summed E-state index contributed by atoms with van der Waals surface area (Å²) in [5.74, 6) is 0.177. The van der Waals surface area contributed by atoms with Gasteiger partial charge in [0, 0.05) is 17.5 Å². The number of nitrogens with zero attached hydrogens (tertiary/aromatic N) is 1. The van der Waals surface area contributed by atoms with Gasteiger partial charge in [-0.05, 0) is 18.1 Å². The Bertz CT molecular complexity index is 480. The second kappa shape index (κ2) is 6.31. The molecular formula is C14H19NO4. The van der Waals surface area contributed by atoms with Crippen molar-refractivity contribution in [2.45, 2.75) is 27.7 Å². The van der Waals surface area contributed by atoms with Crippen molar-refractivity contribution >= 4 is 11.5 Å². The molecule has 0 heterocycles. The van der Waals surface area contributed by atoms with Crippen molar-refractivity contribution < 1.29 is 14.5 Å². The number of nitro benzene ring substituents is 1. The number of benzene rings is 1. The van der Waals surface area contributed by atoms with Gasteiger partial charge in [0.1, 0.15) is 0 Å². The van der Waals surface area contributed by atoms with Crippen molar-refractivity contribution in [2.75, 3.05) is 6.61 Å². The minimum Gasteiger partial charge on any atom is -0.487 e. The van der Waals surface area contributed by atoms with Crippen LogP contribution in [0.3, 0.4) is 0 Å². The van der Waals surface area contributed by atoms with Crippen LogP contribution in [0.1, 0.15) is 38.1 Å². The molecule has 0 aliphatic heterocycles. The van der Waals surface area contributed by atoms with E-state index in [1.807, 2.05) is 13.8 Å². The normalized spacial score (nSPS) is 10.8. The lowest BCUT2D eigenvalue weighted by atomic mass is 10.0. The maximum Gasteiger partial charge on any atom is 0.311 e. The standard InChI is InChI=1S/C14H19NO4/c1-9(2)8-19-13-6-5-11(14(16)10(3)4)7-12(13)15(17)18/h5-7,9-10H,8H2,1-4H3. The number of hydrogen-bond acceptors (Lipinski definition) is 4. The summed E-state index contributed by atoms with van der Waals surface area (Å²) in [5, 5.41) is 11.0. The van der Waals surface area contributed by atoms with Gasteiger partial charge in [-0.25, -0.2) is 0 Å². The molecule has 0 amide bonds. The van der Waals surface area contributed by atoms with Crippen molar-refractivity contribution in [3.8, 4) is 5.75 Å². The third kappa shape index (κ3) is 4.05. The molecule has 0 saturated heterocycles. The first-order valence-electron chi connectivity index (χ1n) is 6.28. The summed E-state index contributed by atoms with van der Waals surface area (Å²) in [6.45, 7) is 7.85. The minimum atomic E-state index is -0.521. The Kier molecular flexibility index (Phi) is 5.03. The van der Waals surface area contributed by atoms with Crippen LogP contribution in [0.15, 0.2) is 18.2 Å². The maximum atomic E-state index is 11.8. The van der Waals surface area contributed by atoms with E-state index in [0.717, 1.165) is 0 Å². The van der Waals surface area contributed by atoms with Gasteiger partial charge in [-0.15, -0.1) is 0 Å². The van der Waals surface area contributed by atoms with E-state index in [1.165, 1.54) is 12.1 Å². The number of ketones is 1. The number of hydrogen-bond donors (Lipinski definition) is 0. The Morgan fingerprint density at radius 1 is 1.32 bits per heavy atom. The van der Waals surface area contributed by atoms with Crippen LogP contribution in [-0.2, 0) is 0 Å². The van der Waals surface area contributed by atoms with Gasteiger partial charge < -0.3 is 4.74 Å². The van der Waals surface area contributed by atoms with E-state index in [1.54, 1.807) is 19.9 Å². The van der Waals surface area contributed by atoms with Crippen LogP contribution in [-0.4, -0.2) is 17.3 Å². The average molecular weight is 265 g/mol. The molecular weight excluding hydrogens is 246 g/mol. The summed E-state index contributed by atoms with van der Waals surface area (Å²) in [6, 6.07) is 4.36. The quantitative estimate of drug-likeness (QED) is 0.448. The molecule has 0 aromatic heterocycles. The highest BCUT2D eigenvalue weighted by molar-refractivity contribution is 5.98. The molecule has 5 nitrogen and oxygen atoms in total. The fourth-order valence-corrected chi connectivity index (χ4v) is 1.53. The third-order valence-electron chi connectivity index (χ3n) is 2.54. The second-order valence-electron chi connectivity index (χ2n) is 5.16. The van der Waals surface area contributed by atoms with E-state index in [4.69, 9.17) is 4.74 Å². The molecule has 1 rings (SSSR count). The fourth-order valence-electron chi connectivity index (χ4n) is 1.53. The van der Waals surface area contributed by atoms with Crippen LogP contribution < -0.4 is 4.74 Å². The van der Waals surface area contributed by atoms with E-state index in [-0.39, 0.29) is 29.1 Å². The Morgan fingerprint density at radius 2 is 1.95 bits per heavy atom. The fraction of sp³-hybridized carbons (Fsp3) is 0.500. The van der Waals surface area contributed by atoms with Gasteiger partial charge in [0.25, 0.3) is 0 Å². The SMILES string of the molecule is CC(C)COc1ccc(C(=O)C(C)C)cc1[N+](=O)[O-]. The first-order valence-corrected chi connectivity index (χ1v) is 6.28. The third-order valence-corrected chi connectivity index (χ3v) is 2.54. The number of nitro groups is 1. The van der Waals surface area contributed by atoms with E-state index in [9.17, 15) is 14.9 Å². The van der Waals surface area contributed by atoms with Gasteiger partial charge >= 0.3 is 5.69 Å². The Labute approximate surface area is 112 Å². The number of rotatable bonds is 6. The Morgan fingerprint density at radius 3 is 2.42 bits per heavy atom. The van der Waals surface area contributed by atoms with E-state index in [2.05, 4.69) is 0 Å². The molecule has 1 aromatic rings. The van der Waals surface area contributed by atoms with Crippen molar-refractivity contribution in [3.05, 3.63) is 33.9 Å². The van der Waals surface area contributed by atoms with Crippen molar-refractivity contribution in [1.29, 1.82) is 0 Å². The van der Waals surface area contributed by atoms with Crippen molar-refractivity contribution in [3.63, 3.8) is 0 Å². The highest BCUT2D eigenvalue weighted by Gasteiger charge is 2.20. The molecule has 104 valence electrons. The van der Waals surface area contributed by atoms with Gasteiger partial charge in [0.05, 0.1) is 11.5 Å². The maximum absolute atomic E-state index is 11.8. The highest BCUT2D eigenvalue weighted by atomic mass is 16.6. The smallest absolute Gasteiger partial charge is 0.311 e. The minimum absolute atomic E-state index is 0.112. The predicted molar refractivity (Wildman–Crippen MR) is 72.6 cm³/mol. The van der Waals surface area contributed by atoms with Gasteiger partial charge in [-0.3, -0.25) is 14.9 Å². The molecule has 0 aliphatic carbocycles. The van der Waals surface area contributed by atoms with Crippen molar-refractivity contribution in [2.24, 2.45) is 11.8 Å². The molecule has 0 unspecified atom stereocenters. The molecule has 0 aliphatic rings. The van der Waals surface area contributed by atoms with Crippen LogP contribution >= 0.6 is 0 Å². The summed E-state index contributed by atoms with van der Waals surface area (Å²) in [6.07, 6.45) is 0. The first-order chi connectivity index (χ1) is 8.82. The molecule has 0 radical (unpaired) electrons. The molecule has 0 fully saturated rings. The average Bonchev–Trinajstić information content (AvgIpc) is 2.34. The first kappa shape index (κ1) is 15.1. The molecule has 0 spiro atoms. The molecule has 19 heavy (non-hydrogen) atoms. The summed E-state index contributed by atoms with van der Waals surface area (Å²) in [4.78, 5) is 22.3.